The Morgan fingerprint density at radius 1 is 1.00 bits per heavy atom. The zero-order chi connectivity index (χ0) is 20.9. The smallest absolute Gasteiger partial charge is 0.231 e. The van der Waals surface area contributed by atoms with Crippen LogP contribution in [0.1, 0.15) is 5.69 Å². The molecule has 148 valence electrons. The van der Waals surface area contributed by atoms with Gasteiger partial charge in [-0.15, -0.1) is 0 Å². The van der Waals surface area contributed by atoms with Crippen LogP contribution in [0, 0.1) is 0 Å². The van der Waals surface area contributed by atoms with Crippen molar-refractivity contribution < 1.29 is 21.6 Å². The van der Waals surface area contributed by atoms with Crippen LogP contribution < -0.4 is 5.14 Å². The Morgan fingerprint density at radius 3 is 2.11 bits per heavy atom. The SMILES string of the molecule is NS(=O)(=O)c1ccccc1-n1nc(C(F)(F)F)cc1-c1cc(Cl)c(Cl)c(Cl)c1. The number of nitrogens with zero attached hydrogens (tertiary/aromatic N) is 2. The molecule has 3 aromatic rings. The summed E-state index contributed by atoms with van der Waals surface area (Å²) in [5.41, 5.74) is -1.37. The van der Waals surface area contributed by atoms with Gasteiger partial charge in [0.25, 0.3) is 0 Å². The summed E-state index contributed by atoms with van der Waals surface area (Å²) in [6, 6.07) is 8.58. The highest BCUT2D eigenvalue weighted by atomic mass is 35.5. The quantitative estimate of drug-likeness (QED) is 0.537. The lowest BCUT2D eigenvalue weighted by atomic mass is 10.1. The van der Waals surface area contributed by atoms with Crippen LogP contribution in [0.2, 0.25) is 15.1 Å². The Bertz CT molecular complexity index is 1150. The molecule has 1 heterocycles. The van der Waals surface area contributed by atoms with Gasteiger partial charge in [-0.25, -0.2) is 18.2 Å². The number of benzene rings is 2. The second-order valence-electron chi connectivity index (χ2n) is 5.59. The molecule has 0 aliphatic carbocycles. The van der Waals surface area contributed by atoms with Gasteiger partial charge in [0.2, 0.25) is 10.0 Å². The molecule has 0 fully saturated rings. The Balaban J connectivity index is 2.37. The van der Waals surface area contributed by atoms with Crippen molar-refractivity contribution in [3.63, 3.8) is 0 Å². The number of aromatic nitrogens is 2. The minimum absolute atomic E-state index is 0.00482. The van der Waals surface area contributed by atoms with Gasteiger partial charge >= 0.3 is 6.18 Å². The lowest BCUT2D eigenvalue weighted by molar-refractivity contribution is -0.141. The number of sulfonamides is 1. The highest BCUT2D eigenvalue weighted by Crippen LogP contribution is 2.38. The number of primary sulfonamides is 1. The van der Waals surface area contributed by atoms with Crippen molar-refractivity contribution in [2.75, 3.05) is 0 Å². The second-order valence-corrected chi connectivity index (χ2v) is 8.31. The van der Waals surface area contributed by atoms with Crippen molar-refractivity contribution in [2.24, 2.45) is 5.14 Å². The molecule has 12 heteroatoms. The van der Waals surface area contributed by atoms with E-state index in [0.29, 0.717) is 0 Å². The lowest BCUT2D eigenvalue weighted by Gasteiger charge is -2.12. The molecule has 5 nitrogen and oxygen atoms in total. The number of para-hydroxylation sites is 1. The minimum Gasteiger partial charge on any atom is -0.231 e. The van der Waals surface area contributed by atoms with Gasteiger partial charge in [-0.05, 0) is 30.3 Å². The van der Waals surface area contributed by atoms with Crippen LogP contribution in [-0.2, 0) is 16.2 Å². The van der Waals surface area contributed by atoms with Crippen LogP contribution >= 0.6 is 34.8 Å². The summed E-state index contributed by atoms with van der Waals surface area (Å²) in [6.07, 6.45) is -4.78. The van der Waals surface area contributed by atoms with E-state index in [0.717, 1.165) is 16.8 Å². The van der Waals surface area contributed by atoms with E-state index in [1.54, 1.807) is 0 Å². The number of rotatable bonds is 3. The third kappa shape index (κ3) is 3.99. The number of hydrogen-bond donors (Lipinski definition) is 1. The third-order valence-electron chi connectivity index (χ3n) is 3.68. The maximum Gasteiger partial charge on any atom is 0.435 e. The number of nitrogens with two attached hydrogens (primary N) is 1. The summed E-state index contributed by atoms with van der Waals surface area (Å²) < 4.78 is 64.4. The van der Waals surface area contributed by atoms with Gasteiger partial charge in [-0.3, -0.25) is 0 Å². The fourth-order valence-corrected chi connectivity index (χ4v) is 3.80. The molecular formula is C16H9Cl3F3N3O2S. The van der Waals surface area contributed by atoms with Crippen LogP contribution in [0.4, 0.5) is 13.2 Å². The molecule has 0 saturated carbocycles. The standard InChI is InChI=1S/C16H9Cl3F3N3O2S/c17-9-5-8(6-10(18)15(9)19)12-7-14(16(20,21)22)24-25(12)11-3-1-2-4-13(11)28(23,26)27/h1-7H,(H2,23,26,27). The average Bonchev–Trinajstić information content (AvgIpc) is 3.04. The number of hydrogen-bond acceptors (Lipinski definition) is 3. The van der Waals surface area contributed by atoms with E-state index in [-0.39, 0.29) is 32.0 Å². The van der Waals surface area contributed by atoms with Crippen LogP contribution in [0.5, 0.6) is 0 Å². The molecule has 0 atom stereocenters. The van der Waals surface area contributed by atoms with Crippen molar-refractivity contribution in [1.29, 1.82) is 0 Å². The van der Waals surface area contributed by atoms with E-state index in [1.165, 1.54) is 30.3 Å². The fourth-order valence-electron chi connectivity index (χ4n) is 2.49. The van der Waals surface area contributed by atoms with Gasteiger partial charge < -0.3 is 0 Å². The van der Waals surface area contributed by atoms with Gasteiger partial charge in [-0.2, -0.15) is 18.3 Å². The molecule has 2 aromatic carbocycles. The van der Waals surface area contributed by atoms with Crippen LogP contribution in [0.3, 0.4) is 0 Å². The molecule has 0 amide bonds. The first-order valence-corrected chi connectivity index (χ1v) is 10.0. The molecule has 0 bridgehead atoms. The number of halogens is 6. The molecular weight excluding hydrogens is 462 g/mol. The van der Waals surface area contributed by atoms with Gasteiger partial charge in [0, 0.05) is 5.56 Å². The summed E-state index contributed by atoms with van der Waals surface area (Å²) >= 11 is 17.9. The van der Waals surface area contributed by atoms with Crippen molar-refractivity contribution >= 4 is 44.8 Å². The van der Waals surface area contributed by atoms with Crippen molar-refractivity contribution in [3.05, 3.63) is 63.2 Å². The number of alkyl halides is 3. The molecule has 0 radical (unpaired) electrons. The van der Waals surface area contributed by atoms with E-state index >= 15 is 0 Å². The first-order chi connectivity index (χ1) is 12.9. The fraction of sp³-hybridized carbons (Fsp3) is 0.0625. The Morgan fingerprint density at radius 2 is 1.57 bits per heavy atom. The first kappa shape index (κ1) is 20.9. The molecule has 0 aliphatic heterocycles. The molecule has 28 heavy (non-hydrogen) atoms. The maximum atomic E-state index is 13.3. The predicted molar refractivity (Wildman–Crippen MR) is 100 cm³/mol. The average molecular weight is 471 g/mol. The lowest BCUT2D eigenvalue weighted by Crippen LogP contribution is -2.16. The molecule has 0 unspecified atom stereocenters. The predicted octanol–water partition coefficient (Wildman–Crippen LogP) is 5.17. The highest BCUT2D eigenvalue weighted by Gasteiger charge is 2.36. The summed E-state index contributed by atoms with van der Waals surface area (Å²) in [4.78, 5) is -0.403. The maximum absolute atomic E-state index is 13.3. The monoisotopic (exact) mass is 469 g/mol. The van der Waals surface area contributed by atoms with Crippen LogP contribution in [0.15, 0.2) is 47.4 Å². The second kappa shape index (κ2) is 7.23. The molecule has 0 aliphatic rings. The Labute approximate surface area is 172 Å². The van der Waals surface area contributed by atoms with Gasteiger partial charge in [0.15, 0.2) is 5.69 Å². The minimum atomic E-state index is -4.78. The van der Waals surface area contributed by atoms with Crippen LogP contribution in [-0.4, -0.2) is 18.2 Å². The summed E-state index contributed by atoms with van der Waals surface area (Å²) in [6.45, 7) is 0. The Kier molecular flexibility index (Phi) is 5.41. The van der Waals surface area contributed by atoms with Crippen molar-refractivity contribution in [2.45, 2.75) is 11.1 Å². The highest BCUT2D eigenvalue weighted by molar-refractivity contribution is 7.89. The summed E-state index contributed by atoms with van der Waals surface area (Å²) in [5, 5.41) is 8.77. The molecule has 2 N–H and O–H groups in total. The summed E-state index contributed by atoms with van der Waals surface area (Å²) in [5.74, 6) is 0. The summed E-state index contributed by atoms with van der Waals surface area (Å²) in [7, 11) is -4.25. The molecule has 0 saturated heterocycles. The zero-order valence-electron chi connectivity index (χ0n) is 13.5. The molecule has 0 spiro atoms. The van der Waals surface area contributed by atoms with Gasteiger partial charge in [0.1, 0.15) is 4.90 Å². The molecule has 3 rings (SSSR count). The topological polar surface area (TPSA) is 78.0 Å². The third-order valence-corrected chi connectivity index (χ3v) is 5.83. The van der Waals surface area contributed by atoms with E-state index in [4.69, 9.17) is 39.9 Å². The van der Waals surface area contributed by atoms with E-state index in [1.807, 2.05) is 0 Å². The van der Waals surface area contributed by atoms with E-state index in [2.05, 4.69) is 5.10 Å². The van der Waals surface area contributed by atoms with E-state index < -0.39 is 26.8 Å². The normalized spacial score (nSPS) is 12.4. The molecule has 1 aromatic heterocycles. The largest absolute Gasteiger partial charge is 0.435 e. The van der Waals surface area contributed by atoms with Crippen LogP contribution in [0.25, 0.3) is 16.9 Å². The van der Waals surface area contributed by atoms with Crippen molar-refractivity contribution in [3.8, 4) is 16.9 Å². The van der Waals surface area contributed by atoms with Gasteiger partial charge in [-0.1, -0.05) is 46.9 Å². The van der Waals surface area contributed by atoms with E-state index in [9.17, 15) is 21.6 Å². The first-order valence-electron chi connectivity index (χ1n) is 7.34. The zero-order valence-corrected chi connectivity index (χ0v) is 16.6. The van der Waals surface area contributed by atoms with Crippen molar-refractivity contribution in [1.82, 2.24) is 9.78 Å². The van der Waals surface area contributed by atoms with Gasteiger partial charge in [0.05, 0.1) is 26.4 Å². The Hall–Kier alpha value is -1.78.